The van der Waals surface area contributed by atoms with Crippen molar-refractivity contribution >= 4 is 21.8 Å². The fourth-order valence-corrected chi connectivity index (χ4v) is 1.98. The molecule has 0 radical (unpaired) electrons. The summed E-state index contributed by atoms with van der Waals surface area (Å²) in [5.74, 6) is -0.0715. The van der Waals surface area contributed by atoms with E-state index in [9.17, 15) is 4.39 Å². The van der Waals surface area contributed by atoms with Crippen molar-refractivity contribution in [3.63, 3.8) is 0 Å². The first-order valence-corrected chi connectivity index (χ1v) is 6.16. The minimum absolute atomic E-state index is 0.185. The minimum atomic E-state index is -0.256. The third-order valence-electron chi connectivity index (χ3n) is 2.68. The van der Waals surface area contributed by atoms with Crippen LogP contribution in [0.5, 0.6) is 0 Å². The zero-order valence-electron chi connectivity index (χ0n) is 10.0. The zero-order valence-corrected chi connectivity index (χ0v) is 11.6. The van der Waals surface area contributed by atoms with E-state index in [1.165, 1.54) is 6.07 Å². The van der Waals surface area contributed by atoms with E-state index in [-0.39, 0.29) is 17.7 Å². The van der Waals surface area contributed by atoms with Gasteiger partial charge in [-0.05, 0) is 47.6 Å². The molecule has 0 aliphatic rings. The van der Waals surface area contributed by atoms with Crippen molar-refractivity contribution in [1.82, 2.24) is 4.90 Å². The average molecular weight is 302 g/mol. The van der Waals surface area contributed by atoms with Gasteiger partial charge in [0.15, 0.2) is 0 Å². The fourth-order valence-electron chi connectivity index (χ4n) is 1.56. The molecule has 0 aliphatic carbocycles. The van der Waals surface area contributed by atoms with Gasteiger partial charge in [0.25, 0.3) is 0 Å². The van der Waals surface area contributed by atoms with Crippen molar-refractivity contribution in [2.24, 2.45) is 5.73 Å². The highest BCUT2D eigenvalue weighted by Crippen LogP contribution is 2.18. The van der Waals surface area contributed by atoms with E-state index < -0.39 is 0 Å². The van der Waals surface area contributed by atoms with Crippen LogP contribution in [0.25, 0.3) is 0 Å². The summed E-state index contributed by atoms with van der Waals surface area (Å²) >= 11 is 3.17. The Morgan fingerprint density at radius 2 is 2.24 bits per heavy atom. The average Bonchev–Trinajstić information content (AvgIpc) is 2.22. The molecule has 1 unspecified atom stereocenters. The number of hydrogen-bond acceptors (Lipinski definition) is 2. The predicted molar refractivity (Wildman–Crippen MR) is 71.6 cm³/mol. The highest BCUT2D eigenvalue weighted by atomic mass is 79.9. The monoisotopic (exact) mass is 301 g/mol. The SMILES string of the molecule is CC(CC(=N)N)N(C)Cc1ccc(F)c(Br)c1. The Morgan fingerprint density at radius 3 is 2.76 bits per heavy atom. The van der Waals surface area contributed by atoms with Gasteiger partial charge in [-0.2, -0.15) is 0 Å². The molecule has 3 N–H and O–H groups in total. The summed E-state index contributed by atoms with van der Waals surface area (Å²) in [5, 5.41) is 7.25. The fraction of sp³-hybridized carbons (Fsp3) is 0.417. The van der Waals surface area contributed by atoms with E-state index in [0.717, 1.165) is 5.56 Å². The number of nitrogens with zero attached hydrogens (tertiary/aromatic N) is 1. The quantitative estimate of drug-likeness (QED) is 0.649. The lowest BCUT2D eigenvalue weighted by atomic mass is 10.1. The molecule has 0 aromatic heterocycles. The van der Waals surface area contributed by atoms with Crippen LogP contribution in [0, 0.1) is 11.2 Å². The second-order valence-electron chi connectivity index (χ2n) is 4.24. The van der Waals surface area contributed by atoms with E-state index in [1.807, 2.05) is 14.0 Å². The number of nitrogens with one attached hydrogen (secondary N) is 1. The topological polar surface area (TPSA) is 53.1 Å². The predicted octanol–water partition coefficient (Wildman–Crippen LogP) is 2.73. The number of hydrogen-bond donors (Lipinski definition) is 2. The Bertz CT molecular complexity index is 409. The van der Waals surface area contributed by atoms with Crippen LogP contribution in [-0.4, -0.2) is 23.8 Å². The molecule has 0 heterocycles. The Hall–Kier alpha value is -0.940. The van der Waals surface area contributed by atoms with Crippen molar-refractivity contribution in [3.8, 4) is 0 Å². The number of amidine groups is 1. The van der Waals surface area contributed by atoms with Gasteiger partial charge < -0.3 is 5.73 Å². The van der Waals surface area contributed by atoms with Crippen LogP contribution >= 0.6 is 15.9 Å². The first-order valence-electron chi connectivity index (χ1n) is 5.37. The van der Waals surface area contributed by atoms with Crippen LogP contribution < -0.4 is 5.73 Å². The van der Waals surface area contributed by atoms with Crippen LogP contribution in [0.3, 0.4) is 0 Å². The van der Waals surface area contributed by atoms with Crippen LogP contribution in [-0.2, 0) is 6.54 Å². The standard InChI is InChI=1S/C12H17BrFN3/c1-8(5-12(15)16)17(2)7-9-3-4-11(14)10(13)6-9/h3-4,6,8H,5,7H2,1-2H3,(H3,15,16). The highest BCUT2D eigenvalue weighted by Gasteiger charge is 2.11. The second-order valence-corrected chi connectivity index (χ2v) is 5.10. The van der Waals surface area contributed by atoms with E-state index in [4.69, 9.17) is 11.1 Å². The van der Waals surface area contributed by atoms with Crippen molar-refractivity contribution in [2.75, 3.05) is 7.05 Å². The number of halogens is 2. The molecule has 0 amide bonds. The van der Waals surface area contributed by atoms with Crippen LogP contribution in [0.1, 0.15) is 18.9 Å². The maximum atomic E-state index is 13.1. The first-order chi connectivity index (χ1) is 7.90. The Kier molecular flexibility index (Phi) is 5.08. The number of benzene rings is 1. The number of rotatable bonds is 5. The molecular formula is C12H17BrFN3. The smallest absolute Gasteiger partial charge is 0.137 e. The molecule has 1 rings (SSSR count). The molecule has 0 bridgehead atoms. The summed E-state index contributed by atoms with van der Waals surface area (Å²) in [7, 11) is 1.96. The molecule has 17 heavy (non-hydrogen) atoms. The van der Waals surface area contributed by atoms with Gasteiger partial charge in [0, 0.05) is 19.0 Å². The Morgan fingerprint density at radius 1 is 1.59 bits per heavy atom. The normalized spacial score (nSPS) is 12.8. The molecule has 0 spiro atoms. The van der Waals surface area contributed by atoms with Gasteiger partial charge in [-0.15, -0.1) is 0 Å². The minimum Gasteiger partial charge on any atom is -0.388 e. The van der Waals surface area contributed by atoms with Gasteiger partial charge in [0.05, 0.1) is 10.3 Å². The van der Waals surface area contributed by atoms with Gasteiger partial charge in [-0.25, -0.2) is 4.39 Å². The molecule has 1 aromatic carbocycles. The van der Waals surface area contributed by atoms with Crippen molar-refractivity contribution < 1.29 is 4.39 Å². The van der Waals surface area contributed by atoms with E-state index >= 15 is 0 Å². The maximum absolute atomic E-state index is 13.1. The molecule has 94 valence electrons. The molecule has 0 fully saturated rings. The summed E-state index contributed by atoms with van der Waals surface area (Å²) in [6.07, 6.45) is 0.541. The highest BCUT2D eigenvalue weighted by molar-refractivity contribution is 9.10. The largest absolute Gasteiger partial charge is 0.388 e. The second kappa shape index (κ2) is 6.12. The van der Waals surface area contributed by atoms with Crippen LogP contribution in [0.2, 0.25) is 0 Å². The summed E-state index contributed by atoms with van der Waals surface area (Å²) < 4.78 is 13.5. The van der Waals surface area contributed by atoms with Crippen molar-refractivity contribution in [2.45, 2.75) is 25.9 Å². The molecular weight excluding hydrogens is 285 g/mol. The van der Waals surface area contributed by atoms with Gasteiger partial charge >= 0.3 is 0 Å². The summed E-state index contributed by atoms with van der Waals surface area (Å²) in [6, 6.07) is 5.17. The van der Waals surface area contributed by atoms with E-state index in [1.54, 1.807) is 12.1 Å². The van der Waals surface area contributed by atoms with Crippen LogP contribution in [0.4, 0.5) is 4.39 Å². The van der Waals surface area contributed by atoms with E-state index in [0.29, 0.717) is 17.4 Å². The van der Waals surface area contributed by atoms with E-state index in [2.05, 4.69) is 20.8 Å². The summed E-state index contributed by atoms with van der Waals surface area (Å²) in [6.45, 7) is 2.72. The summed E-state index contributed by atoms with van der Waals surface area (Å²) in [4.78, 5) is 2.08. The Balaban J connectivity index is 2.64. The molecule has 5 heteroatoms. The number of nitrogens with two attached hydrogens (primary N) is 1. The van der Waals surface area contributed by atoms with Gasteiger partial charge in [-0.3, -0.25) is 10.3 Å². The van der Waals surface area contributed by atoms with Crippen LogP contribution in [0.15, 0.2) is 22.7 Å². The molecule has 3 nitrogen and oxygen atoms in total. The molecule has 0 saturated carbocycles. The van der Waals surface area contributed by atoms with Gasteiger partial charge in [0.2, 0.25) is 0 Å². The third-order valence-corrected chi connectivity index (χ3v) is 3.29. The molecule has 0 aliphatic heterocycles. The van der Waals surface area contributed by atoms with Gasteiger partial charge in [0.1, 0.15) is 5.82 Å². The zero-order chi connectivity index (χ0) is 13.0. The van der Waals surface area contributed by atoms with Crippen molar-refractivity contribution in [1.29, 1.82) is 5.41 Å². The maximum Gasteiger partial charge on any atom is 0.137 e. The summed E-state index contributed by atoms with van der Waals surface area (Å²) in [5.41, 5.74) is 6.39. The lowest BCUT2D eigenvalue weighted by Crippen LogP contribution is -2.32. The lowest BCUT2D eigenvalue weighted by Gasteiger charge is -2.24. The molecule has 0 saturated heterocycles. The molecule has 1 aromatic rings. The first kappa shape index (κ1) is 14.1. The van der Waals surface area contributed by atoms with Crippen molar-refractivity contribution in [3.05, 3.63) is 34.1 Å². The lowest BCUT2D eigenvalue weighted by molar-refractivity contribution is 0.254. The third kappa shape index (κ3) is 4.44. The Labute approximate surface area is 109 Å². The molecule has 1 atom stereocenters. The van der Waals surface area contributed by atoms with Gasteiger partial charge in [-0.1, -0.05) is 6.07 Å².